The molecule has 0 bridgehead atoms. The molecule has 0 spiro atoms. The summed E-state index contributed by atoms with van der Waals surface area (Å²) in [5.41, 5.74) is 7.33. The van der Waals surface area contributed by atoms with E-state index in [1.807, 2.05) is 26.0 Å². The van der Waals surface area contributed by atoms with Crippen molar-refractivity contribution in [1.29, 1.82) is 0 Å². The standard InChI is InChI=1S/C28H31N3O5/c1-28(2,16-15-25(33)31-24-14-7-6-13-23(24)29)26(20-9-8-12-22(19-20)35-18-17-32)36-27(34)30-21-10-4-3-5-11-21/h3-16,19,26,32H,17-18,29H2,1-2H3,(H,30,34)(H,31,33)/b16-15+/t26-/m0/s1. The maximum Gasteiger partial charge on any atom is 0.412 e. The number of nitrogens with one attached hydrogen (secondary N) is 2. The Morgan fingerprint density at radius 3 is 2.44 bits per heavy atom. The van der Waals surface area contributed by atoms with Crippen LogP contribution in [0.2, 0.25) is 0 Å². The summed E-state index contributed by atoms with van der Waals surface area (Å²) in [5.74, 6) is 0.157. The number of carbonyl (C=O) groups excluding carboxylic acids is 2. The predicted molar refractivity (Wildman–Crippen MR) is 141 cm³/mol. The molecule has 5 N–H and O–H groups in total. The molecule has 3 rings (SSSR count). The van der Waals surface area contributed by atoms with Gasteiger partial charge < -0.3 is 25.6 Å². The van der Waals surface area contributed by atoms with Crippen LogP contribution in [0.25, 0.3) is 0 Å². The largest absolute Gasteiger partial charge is 0.491 e. The number of nitrogen functional groups attached to an aromatic ring is 1. The van der Waals surface area contributed by atoms with E-state index in [1.165, 1.54) is 6.08 Å². The number of ether oxygens (including phenoxy) is 2. The summed E-state index contributed by atoms with van der Waals surface area (Å²) in [5, 5.41) is 14.6. The van der Waals surface area contributed by atoms with Crippen LogP contribution in [-0.2, 0) is 9.53 Å². The molecule has 3 aromatic carbocycles. The minimum Gasteiger partial charge on any atom is -0.491 e. The average molecular weight is 490 g/mol. The van der Waals surface area contributed by atoms with Crippen molar-refractivity contribution in [2.45, 2.75) is 20.0 Å². The van der Waals surface area contributed by atoms with Gasteiger partial charge in [-0.15, -0.1) is 0 Å². The van der Waals surface area contributed by atoms with Crippen LogP contribution in [-0.4, -0.2) is 30.3 Å². The van der Waals surface area contributed by atoms with Gasteiger partial charge >= 0.3 is 6.09 Å². The van der Waals surface area contributed by atoms with Crippen molar-refractivity contribution in [2.24, 2.45) is 5.41 Å². The van der Waals surface area contributed by atoms with Crippen molar-refractivity contribution in [1.82, 2.24) is 0 Å². The van der Waals surface area contributed by atoms with Crippen LogP contribution in [0.4, 0.5) is 21.9 Å². The monoisotopic (exact) mass is 489 g/mol. The van der Waals surface area contributed by atoms with Crippen LogP contribution < -0.4 is 21.1 Å². The fourth-order valence-electron chi connectivity index (χ4n) is 3.52. The molecule has 188 valence electrons. The average Bonchev–Trinajstić information content (AvgIpc) is 2.87. The molecule has 1 atom stereocenters. The summed E-state index contributed by atoms with van der Waals surface area (Å²) in [6.07, 6.45) is 1.66. The first kappa shape index (κ1) is 26.3. The molecule has 0 unspecified atom stereocenters. The number of aliphatic hydroxyl groups excluding tert-OH is 1. The van der Waals surface area contributed by atoms with Crippen molar-refractivity contribution in [2.75, 3.05) is 29.6 Å². The third-order valence-corrected chi connectivity index (χ3v) is 5.32. The van der Waals surface area contributed by atoms with Crippen LogP contribution in [0.5, 0.6) is 5.75 Å². The van der Waals surface area contributed by atoms with Gasteiger partial charge in [0.1, 0.15) is 18.5 Å². The highest BCUT2D eigenvalue weighted by Gasteiger charge is 2.33. The lowest BCUT2D eigenvalue weighted by Gasteiger charge is -2.32. The second-order valence-corrected chi connectivity index (χ2v) is 8.65. The summed E-state index contributed by atoms with van der Waals surface area (Å²) in [4.78, 5) is 25.4. The Bertz CT molecular complexity index is 1190. The van der Waals surface area contributed by atoms with Gasteiger partial charge in [0.2, 0.25) is 5.91 Å². The van der Waals surface area contributed by atoms with E-state index in [-0.39, 0.29) is 19.1 Å². The Labute approximate surface area is 210 Å². The lowest BCUT2D eigenvalue weighted by molar-refractivity contribution is -0.112. The van der Waals surface area contributed by atoms with E-state index in [1.54, 1.807) is 72.8 Å². The molecule has 36 heavy (non-hydrogen) atoms. The summed E-state index contributed by atoms with van der Waals surface area (Å²) >= 11 is 0. The molecule has 0 saturated heterocycles. The summed E-state index contributed by atoms with van der Waals surface area (Å²) in [6.45, 7) is 3.72. The van der Waals surface area contributed by atoms with Crippen molar-refractivity contribution >= 4 is 29.1 Å². The maximum absolute atomic E-state index is 12.8. The van der Waals surface area contributed by atoms with Gasteiger partial charge in [-0.05, 0) is 48.0 Å². The highest BCUT2D eigenvalue weighted by atomic mass is 16.6. The normalized spacial score (nSPS) is 12.1. The summed E-state index contributed by atoms with van der Waals surface area (Å²) < 4.78 is 11.4. The SMILES string of the molecule is CC(C)(/C=C/C(=O)Nc1ccccc1N)[C@@H](OC(=O)Nc1ccccc1)c1cccc(OCCO)c1. The first-order valence-electron chi connectivity index (χ1n) is 11.5. The van der Waals surface area contributed by atoms with Crippen molar-refractivity contribution in [3.05, 3.63) is 96.6 Å². The fraction of sp³-hybridized carbons (Fsp3) is 0.214. The van der Waals surface area contributed by atoms with Crippen molar-refractivity contribution < 1.29 is 24.2 Å². The number of para-hydroxylation sites is 3. The van der Waals surface area contributed by atoms with Crippen molar-refractivity contribution in [3.63, 3.8) is 0 Å². The molecule has 0 fully saturated rings. The fourth-order valence-corrected chi connectivity index (χ4v) is 3.52. The minimum atomic E-state index is -0.802. The van der Waals surface area contributed by atoms with Gasteiger partial charge in [-0.1, -0.05) is 62.4 Å². The molecule has 0 aliphatic rings. The van der Waals surface area contributed by atoms with Crippen LogP contribution in [0, 0.1) is 5.41 Å². The van der Waals surface area contributed by atoms with Gasteiger partial charge in [0, 0.05) is 11.1 Å². The number of benzene rings is 3. The molecule has 0 aliphatic heterocycles. The van der Waals surface area contributed by atoms with Gasteiger partial charge in [0.05, 0.1) is 18.0 Å². The van der Waals surface area contributed by atoms with Gasteiger partial charge in [-0.3, -0.25) is 10.1 Å². The molecule has 8 heteroatoms. The lowest BCUT2D eigenvalue weighted by atomic mass is 9.82. The highest BCUT2D eigenvalue weighted by molar-refractivity contribution is 6.01. The number of rotatable bonds is 10. The van der Waals surface area contributed by atoms with E-state index >= 15 is 0 Å². The van der Waals surface area contributed by atoms with E-state index < -0.39 is 17.6 Å². The topological polar surface area (TPSA) is 123 Å². The smallest absolute Gasteiger partial charge is 0.412 e. The van der Waals surface area contributed by atoms with Gasteiger partial charge in [0.15, 0.2) is 0 Å². The number of carbonyl (C=O) groups is 2. The van der Waals surface area contributed by atoms with E-state index in [0.29, 0.717) is 28.4 Å². The molecule has 0 heterocycles. The van der Waals surface area contributed by atoms with Crippen molar-refractivity contribution in [3.8, 4) is 5.75 Å². The number of anilines is 3. The molecule has 0 aromatic heterocycles. The zero-order chi connectivity index (χ0) is 26.0. The van der Waals surface area contributed by atoms with E-state index in [9.17, 15) is 9.59 Å². The summed E-state index contributed by atoms with van der Waals surface area (Å²) in [7, 11) is 0. The highest BCUT2D eigenvalue weighted by Crippen LogP contribution is 2.39. The Morgan fingerprint density at radius 2 is 1.72 bits per heavy atom. The lowest BCUT2D eigenvalue weighted by Crippen LogP contribution is -2.28. The second-order valence-electron chi connectivity index (χ2n) is 8.65. The molecule has 3 aromatic rings. The number of hydrogen-bond donors (Lipinski definition) is 4. The minimum absolute atomic E-state index is 0.126. The zero-order valence-electron chi connectivity index (χ0n) is 20.3. The summed E-state index contributed by atoms with van der Waals surface area (Å²) in [6, 6.07) is 23.0. The third-order valence-electron chi connectivity index (χ3n) is 5.32. The number of amides is 2. The van der Waals surface area contributed by atoms with Crippen LogP contribution >= 0.6 is 0 Å². The van der Waals surface area contributed by atoms with Crippen LogP contribution in [0.15, 0.2) is 91.0 Å². The molecule has 0 saturated carbocycles. The Hall–Kier alpha value is -4.30. The van der Waals surface area contributed by atoms with Crippen LogP contribution in [0.3, 0.4) is 0 Å². The maximum atomic E-state index is 12.8. The van der Waals surface area contributed by atoms with Gasteiger partial charge in [0.25, 0.3) is 0 Å². The van der Waals surface area contributed by atoms with Gasteiger partial charge in [-0.2, -0.15) is 0 Å². The first-order chi connectivity index (χ1) is 17.3. The third kappa shape index (κ3) is 7.61. The van der Waals surface area contributed by atoms with E-state index in [4.69, 9.17) is 20.3 Å². The van der Waals surface area contributed by atoms with Gasteiger partial charge in [-0.25, -0.2) is 4.79 Å². The molecular formula is C28H31N3O5. The molecule has 0 aliphatic carbocycles. The molecule has 2 amide bonds. The quantitative estimate of drug-likeness (QED) is 0.231. The Balaban J connectivity index is 1.83. The van der Waals surface area contributed by atoms with Crippen LogP contribution in [0.1, 0.15) is 25.5 Å². The second kappa shape index (κ2) is 12.4. The van der Waals surface area contributed by atoms with E-state index in [2.05, 4.69) is 10.6 Å². The molecule has 0 radical (unpaired) electrons. The zero-order valence-corrected chi connectivity index (χ0v) is 20.3. The predicted octanol–water partition coefficient (Wildman–Crippen LogP) is 5.15. The number of aliphatic hydroxyl groups is 1. The first-order valence-corrected chi connectivity index (χ1v) is 11.5. The van der Waals surface area contributed by atoms with E-state index in [0.717, 1.165) is 0 Å². The molecular weight excluding hydrogens is 458 g/mol. The number of hydrogen-bond acceptors (Lipinski definition) is 6. The molecule has 8 nitrogen and oxygen atoms in total. The number of nitrogens with two attached hydrogens (primary N) is 1. The Kier molecular flexibility index (Phi) is 9.07. The Morgan fingerprint density at radius 1 is 1.00 bits per heavy atom.